The Morgan fingerprint density at radius 2 is 1.56 bits per heavy atom. The number of hydrogen-bond acceptors (Lipinski definition) is 0. The van der Waals surface area contributed by atoms with Crippen molar-refractivity contribution in [1.82, 2.24) is 4.57 Å². The Bertz CT molecular complexity index is 284. The van der Waals surface area contributed by atoms with Gasteiger partial charge in [-0.15, -0.1) is 0 Å². The van der Waals surface area contributed by atoms with E-state index in [0.717, 1.165) is 0 Å². The molecule has 0 unspecified atom stereocenters. The minimum atomic E-state index is 0. The molecule has 0 radical (unpaired) electrons. The number of unbranched alkanes of at least 4 members (excludes halogenated alkanes) is 6. The smallest absolute Gasteiger partial charge is 0.243 e. The van der Waals surface area contributed by atoms with Crippen LogP contribution in [-0.2, 0) is 13.1 Å². The molecule has 0 aliphatic rings. The molecule has 0 saturated heterocycles. The van der Waals surface area contributed by atoms with Gasteiger partial charge in [-0.2, -0.15) is 0 Å². The van der Waals surface area contributed by atoms with E-state index in [1.54, 1.807) is 0 Å². The molecule has 1 aromatic heterocycles. The molecule has 2 nitrogen and oxygen atoms in total. The van der Waals surface area contributed by atoms with Gasteiger partial charge in [-0.25, -0.2) is 9.13 Å². The second-order valence-corrected chi connectivity index (χ2v) is 5.01. The molecular formula is C15H29IN2. The second-order valence-electron chi connectivity index (χ2n) is 5.01. The first kappa shape index (κ1) is 17.9. The van der Waals surface area contributed by atoms with E-state index in [4.69, 9.17) is 0 Å². The molecule has 0 spiro atoms. The summed E-state index contributed by atoms with van der Waals surface area (Å²) in [7, 11) is 0. The van der Waals surface area contributed by atoms with Gasteiger partial charge in [0.15, 0.2) is 0 Å². The van der Waals surface area contributed by atoms with Gasteiger partial charge in [-0.1, -0.05) is 46.0 Å². The van der Waals surface area contributed by atoms with E-state index in [0.29, 0.717) is 0 Å². The first-order valence-corrected chi connectivity index (χ1v) is 7.41. The zero-order valence-electron chi connectivity index (χ0n) is 12.1. The van der Waals surface area contributed by atoms with Gasteiger partial charge in [-0.3, -0.25) is 0 Å². The molecule has 1 heterocycles. The van der Waals surface area contributed by atoms with E-state index in [9.17, 15) is 0 Å². The molecule has 0 N–H and O–H groups in total. The third kappa shape index (κ3) is 8.11. The van der Waals surface area contributed by atoms with Crippen molar-refractivity contribution >= 4 is 0 Å². The van der Waals surface area contributed by atoms with Gasteiger partial charge in [0.1, 0.15) is 12.4 Å². The van der Waals surface area contributed by atoms with Crippen molar-refractivity contribution in [2.75, 3.05) is 0 Å². The van der Waals surface area contributed by atoms with E-state index in [1.807, 2.05) is 0 Å². The molecule has 1 rings (SSSR count). The molecule has 1 aromatic rings. The lowest BCUT2D eigenvalue weighted by Gasteiger charge is -1.98. The fourth-order valence-electron chi connectivity index (χ4n) is 2.12. The van der Waals surface area contributed by atoms with Crippen LogP contribution in [0.2, 0.25) is 0 Å². The summed E-state index contributed by atoms with van der Waals surface area (Å²) in [6, 6.07) is 0. The third-order valence-corrected chi connectivity index (χ3v) is 3.29. The van der Waals surface area contributed by atoms with Crippen LogP contribution < -0.4 is 28.5 Å². The summed E-state index contributed by atoms with van der Waals surface area (Å²) in [4.78, 5) is 0. The number of rotatable bonds is 10. The average Bonchev–Trinajstić information content (AvgIpc) is 2.79. The summed E-state index contributed by atoms with van der Waals surface area (Å²) in [6.07, 6.45) is 17.5. The summed E-state index contributed by atoms with van der Waals surface area (Å²) in [5.41, 5.74) is 0. The molecule has 3 heteroatoms. The van der Waals surface area contributed by atoms with Crippen molar-refractivity contribution in [3.05, 3.63) is 18.7 Å². The Labute approximate surface area is 130 Å². The highest BCUT2D eigenvalue weighted by atomic mass is 127. The summed E-state index contributed by atoms with van der Waals surface area (Å²) in [6.45, 7) is 6.87. The predicted octanol–water partition coefficient (Wildman–Crippen LogP) is 0.940. The van der Waals surface area contributed by atoms with Crippen LogP contribution in [0.1, 0.15) is 65.2 Å². The van der Waals surface area contributed by atoms with Crippen LogP contribution in [0.5, 0.6) is 0 Å². The highest BCUT2D eigenvalue weighted by Crippen LogP contribution is 2.04. The van der Waals surface area contributed by atoms with Crippen LogP contribution in [-0.4, -0.2) is 4.57 Å². The van der Waals surface area contributed by atoms with Crippen molar-refractivity contribution < 1.29 is 28.5 Å². The second kappa shape index (κ2) is 12.0. The molecule has 0 fully saturated rings. The van der Waals surface area contributed by atoms with Gasteiger partial charge in [0, 0.05) is 0 Å². The standard InChI is InChI=1S/C15H29N2.HI/c1-3-5-7-8-9-10-12-17-14-13-16(15-17)11-6-4-2;/h13-15H,3-12H2,1-2H3;1H/q+1;/p-1. The average molecular weight is 364 g/mol. The molecule has 106 valence electrons. The topological polar surface area (TPSA) is 8.81 Å². The summed E-state index contributed by atoms with van der Waals surface area (Å²) >= 11 is 0. The van der Waals surface area contributed by atoms with Gasteiger partial charge in [0.05, 0.1) is 13.1 Å². The van der Waals surface area contributed by atoms with Crippen LogP contribution in [0, 0.1) is 0 Å². The van der Waals surface area contributed by atoms with Gasteiger partial charge in [0.2, 0.25) is 6.33 Å². The molecular weight excluding hydrogens is 335 g/mol. The molecule has 0 atom stereocenters. The first-order valence-electron chi connectivity index (χ1n) is 7.41. The number of hydrogen-bond donors (Lipinski definition) is 0. The molecule has 0 saturated carbocycles. The highest BCUT2D eigenvalue weighted by Gasteiger charge is 2.02. The summed E-state index contributed by atoms with van der Waals surface area (Å²) < 4.78 is 4.63. The fourth-order valence-corrected chi connectivity index (χ4v) is 2.12. The fraction of sp³-hybridized carbons (Fsp3) is 0.800. The van der Waals surface area contributed by atoms with Crippen LogP contribution in [0.3, 0.4) is 0 Å². The third-order valence-electron chi connectivity index (χ3n) is 3.29. The van der Waals surface area contributed by atoms with E-state index in [2.05, 4.69) is 41.7 Å². The van der Waals surface area contributed by atoms with E-state index in [-0.39, 0.29) is 24.0 Å². The van der Waals surface area contributed by atoms with E-state index < -0.39 is 0 Å². The lowest BCUT2D eigenvalue weighted by atomic mass is 10.1. The number of nitrogens with zero attached hydrogens (tertiary/aromatic N) is 2. The summed E-state index contributed by atoms with van der Waals surface area (Å²) in [5, 5.41) is 0. The largest absolute Gasteiger partial charge is 1.00 e. The molecule has 0 aromatic carbocycles. The maximum absolute atomic E-state index is 2.33. The van der Waals surface area contributed by atoms with Crippen LogP contribution in [0.15, 0.2) is 18.7 Å². The van der Waals surface area contributed by atoms with Crippen LogP contribution in [0.25, 0.3) is 0 Å². The lowest BCUT2D eigenvalue weighted by Crippen LogP contribution is -3.00. The molecule has 0 aliphatic heterocycles. The monoisotopic (exact) mass is 364 g/mol. The van der Waals surface area contributed by atoms with Crippen molar-refractivity contribution in [1.29, 1.82) is 0 Å². The SMILES string of the molecule is CCCCCCCC[n+]1ccn(CCCC)c1.[I-]. The van der Waals surface area contributed by atoms with Crippen molar-refractivity contribution in [3.63, 3.8) is 0 Å². The number of imidazole rings is 1. The van der Waals surface area contributed by atoms with Crippen LogP contribution >= 0.6 is 0 Å². The Balaban J connectivity index is 0.00000289. The minimum Gasteiger partial charge on any atom is -1.00 e. The van der Waals surface area contributed by atoms with Gasteiger partial charge < -0.3 is 24.0 Å². The number of halogens is 1. The van der Waals surface area contributed by atoms with Gasteiger partial charge in [0.25, 0.3) is 0 Å². The minimum absolute atomic E-state index is 0. The lowest BCUT2D eigenvalue weighted by molar-refractivity contribution is -0.696. The van der Waals surface area contributed by atoms with E-state index in [1.165, 1.54) is 64.5 Å². The zero-order valence-corrected chi connectivity index (χ0v) is 14.2. The molecule has 0 amide bonds. The number of aryl methyl sites for hydroxylation is 2. The maximum Gasteiger partial charge on any atom is 0.243 e. The van der Waals surface area contributed by atoms with Crippen molar-refractivity contribution in [2.24, 2.45) is 0 Å². The Hall–Kier alpha value is -0.0600. The van der Waals surface area contributed by atoms with Gasteiger partial charge >= 0.3 is 0 Å². The van der Waals surface area contributed by atoms with Crippen molar-refractivity contribution in [3.8, 4) is 0 Å². The molecule has 0 bridgehead atoms. The number of aromatic nitrogens is 2. The van der Waals surface area contributed by atoms with Crippen LogP contribution in [0.4, 0.5) is 0 Å². The quantitative estimate of drug-likeness (QED) is 0.332. The zero-order chi connectivity index (χ0) is 12.3. The Kier molecular flexibility index (Phi) is 12.0. The first-order chi connectivity index (χ1) is 8.36. The molecule has 18 heavy (non-hydrogen) atoms. The van der Waals surface area contributed by atoms with E-state index >= 15 is 0 Å². The van der Waals surface area contributed by atoms with Crippen molar-refractivity contribution in [2.45, 2.75) is 78.3 Å². The Morgan fingerprint density at radius 1 is 0.889 bits per heavy atom. The highest BCUT2D eigenvalue weighted by molar-refractivity contribution is 4.65. The maximum atomic E-state index is 2.33. The Morgan fingerprint density at radius 3 is 2.28 bits per heavy atom. The predicted molar refractivity (Wildman–Crippen MR) is 72.9 cm³/mol. The normalized spacial score (nSPS) is 10.3. The van der Waals surface area contributed by atoms with Gasteiger partial charge in [-0.05, 0) is 19.3 Å². The molecule has 0 aliphatic carbocycles. The summed E-state index contributed by atoms with van der Waals surface area (Å²) in [5.74, 6) is 0.